The van der Waals surface area contributed by atoms with Gasteiger partial charge in [-0.2, -0.15) is 0 Å². The molecule has 0 aromatic heterocycles. The van der Waals surface area contributed by atoms with Gasteiger partial charge in [0.1, 0.15) is 6.61 Å². The fourth-order valence-electron chi connectivity index (χ4n) is 2.20. The Kier molecular flexibility index (Phi) is 4.84. The van der Waals surface area contributed by atoms with Crippen LogP contribution < -0.4 is 15.2 Å². The number of para-hydroxylation sites is 2. The maximum Gasteiger partial charge on any atom is 0.161 e. The van der Waals surface area contributed by atoms with E-state index in [0.717, 1.165) is 37.6 Å². The Hall–Kier alpha value is -1.26. The summed E-state index contributed by atoms with van der Waals surface area (Å²) in [5.41, 5.74) is 6.17. The van der Waals surface area contributed by atoms with Gasteiger partial charge >= 0.3 is 0 Å². The molecule has 0 radical (unpaired) electrons. The van der Waals surface area contributed by atoms with Crippen molar-refractivity contribution in [1.82, 2.24) is 0 Å². The molecule has 1 unspecified atom stereocenters. The maximum absolute atomic E-state index is 6.17. The molecule has 4 heteroatoms. The van der Waals surface area contributed by atoms with Gasteiger partial charge in [0.15, 0.2) is 11.5 Å². The minimum Gasteiger partial charge on any atom is -0.493 e. The summed E-state index contributed by atoms with van der Waals surface area (Å²) >= 11 is 0. The third-order valence-corrected chi connectivity index (χ3v) is 3.37. The van der Waals surface area contributed by atoms with Gasteiger partial charge < -0.3 is 19.9 Å². The van der Waals surface area contributed by atoms with Gasteiger partial charge in [-0.15, -0.1) is 0 Å². The number of benzene rings is 1. The Morgan fingerprint density at radius 2 is 1.94 bits per heavy atom. The lowest BCUT2D eigenvalue weighted by molar-refractivity contribution is 0.0520. The monoisotopic (exact) mass is 251 g/mol. The highest BCUT2D eigenvalue weighted by atomic mass is 16.5. The predicted octanol–water partition coefficient (Wildman–Crippen LogP) is 1.83. The molecule has 1 aliphatic heterocycles. The highest BCUT2D eigenvalue weighted by Gasteiger charge is 2.21. The molecule has 0 amide bonds. The summed E-state index contributed by atoms with van der Waals surface area (Å²) in [6, 6.07) is 7.69. The lowest BCUT2D eigenvalue weighted by Crippen LogP contribution is -2.38. The molecule has 1 saturated heterocycles. The van der Waals surface area contributed by atoms with Gasteiger partial charge in [-0.25, -0.2) is 0 Å². The number of methoxy groups -OCH3 is 1. The summed E-state index contributed by atoms with van der Waals surface area (Å²) < 4.78 is 16.3. The normalized spacial score (nSPS) is 18.3. The average molecular weight is 251 g/mol. The van der Waals surface area contributed by atoms with Crippen LogP contribution >= 0.6 is 0 Å². The molecule has 1 aromatic rings. The van der Waals surface area contributed by atoms with Crippen LogP contribution in [-0.4, -0.2) is 33.0 Å². The van der Waals surface area contributed by atoms with E-state index >= 15 is 0 Å². The van der Waals surface area contributed by atoms with Gasteiger partial charge in [0, 0.05) is 19.3 Å². The Labute approximate surface area is 108 Å². The molecule has 0 saturated carbocycles. The molecular formula is C14H21NO3. The van der Waals surface area contributed by atoms with E-state index in [1.54, 1.807) is 7.11 Å². The molecule has 1 aliphatic rings. The van der Waals surface area contributed by atoms with E-state index in [2.05, 4.69) is 0 Å². The van der Waals surface area contributed by atoms with Crippen molar-refractivity contribution in [2.45, 2.75) is 18.9 Å². The maximum atomic E-state index is 6.17. The zero-order valence-corrected chi connectivity index (χ0v) is 10.8. The van der Waals surface area contributed by atoms with Crippen LogP contribution in [0, 0.1) is 5.92 Å². The largest absolute Gasteiger partial charge is 0.493 e. The molecule has 1 aromatic carbocycles. The molecule has 100 valence electrons. The number of ether oxygens (including phenoxy) is 3. The molecule has 1 atom stereocenters. The summed E-state index contributed by atoms with van der Waals surface area (Å²) in [7, 11) is 1.64. The topological polar surface area (TPSA) is 53.7 Å². The van der Waals surface area contributed by atoms with Crippen LogP contribution in [0.4, 0.5) is 0 Å². The van der Waals surface area contributed by atoms with Crippen LogP contribution in [0.2, 0.25) is 0 Å². The Bertz CT molecular complexity index is 364. The van der Waals surface area contributed by atoms with Crippen molar-refractivity contribution in [2.75, 3.05) is 26.9 Å². The van der Waals surface area contributed by atoms with E-state index in [-0.39, 0.29) is 6.04 Å². The molecule has 0 bridgehead atoms. The van der Waals surface area contributed by atoms with Gasteiger partial charge in [0.25, 0.3) is 0 Å². The molecule has 1 fully saturated rings. The summed E-state index contributed by atoms with van der Waals surface area (Å²) in [5, 5.41) is 0. The Balaban J connectivity index is 1.86. The second kappa shape index (κ2) is 6.61. The van der Waals surface area contributed by atoms with Gasteiger partial charge in [-0.05, 0) is 30.9 Å². The van der Waals surface area contributed by atoms with Crippen molar-refractivity contribution in [2.24, 2.45) is 11.7 Å². The summed E-state index contributed by atoms with van der Waals surface area (Å²) in [6.07, 6.45) is 2.05. The first-order valence-electron chi connectivity index (χ1n) is 6.40. The number of hydrogen-bond donors (Lipinski definition) is 1. The molecule has 0 spiro atoms. The van der Waals surface area contributed by atoms with Crippen LogP contribution in [0.1, 0.15) is 12.8 Å². The Morgan fingerprint density at radius 1 is 1.28 bits per heavy atom. The lowest BCUT2D eigenvalue weighted by atomic mass is 9.93. The second-order valence-corrected chi connectivity index (χ2v) is 4.58. The summed E-state index contributed by atoms with van der Waals surface area (Å²) in [5.74, 6) is 1.99. The van der Waals surface area contributed by atoms with Crippen LogP contribution in [-0.2, 0) is 4.74 Å². The number of nitrogens with two attached hydrogens (primary N) is 1. The first-order chi connectivity index (χ1) is 8.81. The average Bonchev–Trinajstić information content (AvgIpc) is 2.46. The van der Waals surface area contributed by atoms with E-state index in [4.69, 9.17) is 19.9 Å². The van der Waals surface area contributed by atoms with Gasteiger partial charge in [0.05, 0.1) is 7.11 Å². The van der Waals surface area contributed by atoms with Crippen molar-refractivity contribution >= 4 is 0 Å². The standard InChI is InChI=1S/C14H21NO3/c1-16-13-4-2-3-5-14(13)18-10-12(15)11-6-8-17-9-7-11/h2-5,11-12H,6-10,15H2,1H3. The van der Waals surface area contributed by atoms with Crippen molar-refractivity contribution in [3.63, 3.8) is 0 Å². The molecule has 2 rings (SSSR count). The van der Waals surface area contributed by atoms with Gasteiger partial charge in [0.2, 0.25) is 0 Å². The lowest BCUT2D eigenvalue weighted by Gasteiger charge is -2.27. The van der Waals surface area contributed by atoms with Gasteiger partial charge in [-0.1, -0.05) is 12.1 Å². The molecular weight excluding hydrogens is 230 g/mol. The zero-order chi connectivity index (χ0) is 12.8. The van der Waals surface area contributed by atoms with E-state index in [0.29, 0.717) is 12.5 Å². The second-order valence-electron chi connectivity index (χ2n) is 4.58. The zero-order valence-electron chi connectivity index (χ0n) is 10.8. The van der Waals surface area contributed by atoms with E-state index in [1.807, 2.05) is 24.3 Å². The quantitative estimate of drug-likeness (QED) is 0.867. The van der Waals surface area contributed by atoms with Crippen LogP contribution in [0.5, 0.6) is 11.5 Å². The van der Waals surface area contributed by atoms with Crippen molar-refractivity contribution < 1.29 is 14.2 Å². The third-order valence-electron chi connectivity index (χ3n) is 3.37. The smallest absolute Gasteiger partial charge is 0.161 e. The Morgan fingerprint density at radius 3 is 2.61 bits per heavy atom. The molecule has 18 heavy (non-hydrogen) atoms. The van der Waals surface area contributed by atoms with Crippen LogP contribution in [0.3, 0.4) is 0 Å². The summed E-state index contributed by atoms with van der Waals surface area (Å²) in [4.78, 5) is 0. The van der Waals surface area contributed by atoms with Crippen molar-refractivity contribution in [3.8, 4) is 11.5 Å². The molecule has 4 nitrogen and oxygen atoms in total. The fraction of sp³-hybridized carbons (Fsp3) is 0.571. The number of rotatable bonds is 5. The van der Waals surface area contributed by atoms with E-state index < -0.39 is 0 Å². The minimum absolute atomic E-state index is 0.0545. The minimum atomic E-state index is 0.0545. The first-order valence-corrected chi connectivity index (χ1v) is 6.40. The van der Waals surface area contributed by atoms with Crippen LogP contribution in [0.25, 0.3) is 0 Å². The molecule has 2 N–H and O–H groups in total. The fourth-order valence-corrected chi connectivity index (χ4v) is 2.20. The predicted molar refractivity (Wildman–Crippen MR) is 70.0 cm³/mol. The molecule has 0 aliphatic carbocycles. The SMILES string of the molecule is COc1ccccc1OCC(N)C1CCOCC1. The first kappa shape index (κ1) is 13.2. The van der Waals surface area contributed by atoms with Crippen LogP contribution in [0.15, 0.2) is 24.3 Å². The van der Waals surface area contributed by atoms with Crippen molar-refractivity contribution in [3.05, 3.63) is 24.3 Å². The van der Waals surface area contributed by atoms with Gasteiger partial charge in [-0.3, -0.25) is 0 Å². The number of hydrogen-bond acceptors (Lipinski definition) is 4. The highest BCUT2D eigenvalue weighted by molar-refractivity contribution is 5.39. The van der Waals surface area contributed by atoms with E-state index in [1.165, 1.54) is 0 Å². The molecule has 1 heterocycles. The third kappa shape index (κ3) is 3.37. The van der Waals surface area contributed by atoms with Crippen molar-refractivity contribution in [1.29, 1.82) is 0 Å². The highest BCUT2D eigenvalue weighted by Crippen LogP contribution is 2.26. The van der Waals surface area contributed by atoms with E-state index in [9.17, 15) is 0 Å². The summed E-state index contributed by atoms with van der Waals surface area (Å²) in [6.45, 7) is 2.14.